The second-order valence-corrected chi connectivity index (χ2v) is 8.80. The lowest BCUT2D eigenvalue weighted by atomic mass is 9.94. The third kappa shape index (κ3) is 4.10. The summed E-state index contributed by atoms with van der Waals surface area (Å²) in [5.41, 5.74) is 2.11. The predicted octanol–water partition coefficient (Wildman–Crippen LogP) is 5.75. The molecule has 1 aliphatic heterocycles. The van der Waals surface area contributed by atoms with E-state index in [1.165, 1.54) is 30.2 Å². The van der Waals surface area contributed by atoms with Crippen LogP contribution in [0.5, 0.6) is 11.5 Å². The van der Waals surface area contributed by atoms with Gasteiger partial charge in [0.2, 0.25) is 0 Å². The number of anilines is 1. The number of benzene rings is 3. The number of carbonyl (C=O) groups is 2. The Balaban J connectivity index is 1.94. The first-order valence-electron chi connectivity index (χ1n) is 9.93. The van der Waals surface area contributed by atoms with Crippen LogP contribution >= 0.6 is 27.5 Å². The largest absolute Gasteiger partial charge is 0.508 e. The highest BCUT2D eigenvalue weighted by Gasteiger charge is 2.47. The number of phenolic OH excluding ortho intramolecular Hbond substituents is 1. The van der Waals surface area contributed by atoms with Gasteiger partial charge >= 0.3 is 0 Å². The van der Waals surface area contributed by atoms with Crippen molar-refractivity contribution in [3.8, 4) is 11.5 Å². The third-order valence-corrected chi connectivity index (χ3v) is 6.68. The molecular weight excluding hydrogens is 510 g/mol. The molecule has 0 aliphatic carbocycles. The summed E-state index contributed by atoms with van der Waals surface area (Å²) in [5.74, 6) is -1.46. The van der Waals surface area contributed by atoms with Crippen LogP contribution in [0.1, 0.15) is 22.7 Å². The van der Waals surface area contributed by atoms with Gasteiger partial charge in [0.05, 0.1) is 23.7 Å². The minimum Gasteiger partial charge on any atom is -0.508 e. The number of amides is 1. The molecule has 0 bridgehead atoms. The first-order valence-corrected chi connectivity index (χ1v) is 11.1. The fourth-order valence-corrected chi connectivity index (χ4v) is 4.32. The SMILES string of the molecule is COc1ccc(N2C(=O)C(=O)/C(=C(/O)c3ccc(Br)c(C)c3)C2c2ccc(O)cc2)cc1Cl. The number of Topliss-reactive ketones (excluding diaryl/α,β-unsaturated/α-hetero) is 1. The van der Waals surface area contributed by atoms with E-state index in [4.69, 9.17) is 16.3 Å². The molecule has 1 fully saturated rings. The summed E-state index contributed by atoms with van der Waals surface area (Å²) in [6.07, 6.45) is 0. The molecule has 4 rings (SSSR count). The first-order chi connectivity index (χ1) is 15.7. The number of halogens is 2. The number of aromatic hydroxyl groups is 1. The quantitative estimate of drug-likeness (QED) is 0.256. The van der Waals surface area contributed by atoms with E-state index in [1.807, 2.05) is 6.92 Å². The molecule has 1 unspecified atom stereocenters. The molecule has 2 N–H and O–H groups in total. The van der Waals surface area contributed by atoms with Crippen LogP contribution in [0.15, 0.2) is 70.7 Å². The van der Waals surface area contributed by atoms with E-state index in [1.54, 1.807) is 42.5 Å². The number of aryl methyl sites for hydroxylation is 1. The molecule has 0 saturated carbocycles. The van der Waals surface area contributed by atoms with Crippen LogP contribution in [0.4, 0.5) is 5.69 Å². The van der Waals surface area contributed by atoms with Crippen LogP contribution in [-0.4, -0.2) is 29.0 Å². The Morgan fingerprint density at radius 2 is 1.76 bits per heavy atom. The summed E-state index contributed by atoms with van der Waals surface area (Å²) in [5, 5.41) is 21.2. The number of hydrogen-bond donors (Lipinski definition) is 2. The molecular formula is C25H19BrClNO5. The van der Waals surface area contributed by atoms with Gasteiger partial charge in [0.1, 0.15) is 17.3 Å². The number of ether oxygens (including phenoxy) is 1. The van der Waals surface area contributed by atoms with E-state index in [-0.39, 0.29) is 22.1 Å². The smallest absolute Gasteiger partial charge is 0.300 e. The Labute approximate surface area is 203 Å². The lowest BCUT2D eigenvalue weighted by Gasteiger charge is -2.26. The second kappa shape index (κ2) is 8.92. The fraction of sp³-hybridized carbons (Fsp3) is 0.120. The van der Waals surface area contributed by atoms with Crippen molar-refractivity contribution in [2.75, 3.05) is 12.0 Å². The van der Waals surface area contributed by atoms with Crippen molar-refractivity contribution in [2.45, 2.75) is 13.0 Å². The van der Waals surface area contributed by atoms with Gasteiger partial charge in [-0.1, -0.05) is 45.7 Å². The number of methoxy groups -OCH3 is 1. The summed E-state index contributed by atoms with van der Waals surface area (Å²) in [4.78, 5) is 27.7. The van der Waals surface area contributed by atoms with Gasteiger partial charge in [0.15, 0.2) is 0 Å². The Morgan fingerprint density at radius 1 is 1.06 bits per heavy atom. The number of hydrogen-bond acceptors (Lipinski definition) is 5. The molecule has 3 aromatic carbocycles. The molecule has 1 heterocycles. The maximum Gasteiger partial charge on any atom is 0.300 e. The minimum atomic E-state index is -0.931. The average molecular weight is 529 g/mol. The Bertz CT molecular complexity index is 1300. The first kappa shape index (κ1) is 22.9. The highest BCUT2D eigenvalue weighted by molar-refractivity contribution is 9.10. The summed E-state index contributed by atoms with van der Waals surface area (Å²) >= 11 is 9.71. The molecule has 6 nitrogen and oxygen atoms in total. The van der Waals surface area contributed by atoms with Crippen LogP contribution < -0.4 is 9.64 Å². The van der Waals surface area contributed by atoms with Gasteiger partial charge in [0.25, 0.3) is 11.7 Å². The normalized spacial score (nSPS) is 17.5. The molecule has 3 aromatic rings. The molecule has 1 atom stereocenters. The topological polar surface area (TPSA) is 87.1 Å². The minimum absolute atomic E-state index is 0.0340. The maximum absolute atomic E-state index is 13.2. The molecule has 0 radical (unpaired) electrons. The molecule has 8 heteroatoms. The van der Waals surface area contributed by atoms with Crippen molar-refractivity contribution in [3.63, 3.8) is 0 Å². The van der Waals surface area contributed by atoms with Crippen LogP contribution in [-0.2, 0) is 9.59 Å². The zero-order valence-corrected chi connectivity index (χ0v) is 20.0. The molecule has 1 saturated heterocycles. The molecule has 1 amide bonds. The number of aliphatic hydroxyl groups is 1. The average Bonchev–Trinajstić information content (AvgIpc) is 3.06. The number of phenols is 1. The van der Waals surface area contributed by atoms with E-state index in [0.717, 1.165) is 10.0 Å². The van der Waals surface area contributed by atoms with Crippen LogP contribution in [0.2, 0.25) is 5.02 Å². The van der Waals surface area contributed by atoms with Gasteiger partial charge in [-0.3, -0.25) is 14.5 Å². The molecule has 33 heavy (non-hydrogen) atoms. The maximum atomic E-state index is 13.2. The lowest BCUT2D eigenvalue weighted by Crippen LogP contribution is -2.29. The van der Waals surface area contributed by atoms with E-state index < -0.39 is 17.7 Å². The highest BCUT2D eigenvalue weighted by Crippen LogP contribution is 2.44. The number of aliphatic hydroxyl groups excluding tert-OH is 1. The molecule has 0 aromatic heterocycles. The zero-order chi connectivity index (χ0) is 23.9. The third-order valence-electron chi connectivity index (χ3n) is 5.50. The fourth-order valence-electron chi connectivity index (χ4n) is 3.82. The zero-order valence-electron chi connectivity index (χ0n) is 17.7. The number of ketones is 1. The van der Waals surface area contributed by atoms with Crippen molar-refractivity contribution >= 4 is 50.7 Å². The number of nitrogens with zero attached hydrogens (tertiary/aromatic N) is 1. The Hall–Kier alpha value is -3.29. The van der Waals surface area contributed by atoms with Crippen molar-refractivity contribution in [3.05, 3.63) is 92.4 Å². The lowest BCUT2D eigenvalue weighted by molar-refractivity contribution is -0.132. The van der Waals surface area contributed by atoms with Gasteiger partial charge in [-0.2, -0.15) is 0 Å². The predicted molar refractivity (Wildman–Crippen MR) is 130 cm³/mol. The van der Waals surface area contributed by atoms with E-state index in [9.17, 15) is 19.8 Å². The Kier molecular flexibility index (Phi) is 6.19. The van der Waals surface area contributed by atoms with Gasteiger partial charge in [-0.15, -0.1) is 0 Å². The highest BCUT2D eigenvalue weighted by atomic mass is 79.9. The summed E-state index contributed by atoms with van der Waals surface area (Å²) in [6, 6.07) is 15.1. The summed E-state index contributed by atoms with van der Waals surface area (Å²) in [7, 11) is 1.48. The van der Waals surface area contributed by atoms with E-state index in [0.29, 0.717) is 22.6 Å². The number of rotatable bonds is 4. The van der Waals surface area contributed by atoms with Crippen LogP contribution in [0.3, 0.4) is 0 Å². The van der Waals surface area contributed by atoms with Gasteiger partial charge < -0.3 is 14.9 Å². The van der Waals surface area contributed by atoms with Crippen LogP contribution in [0, 0.1) is 6.92 Å². The van der Waals surface area contributed by atoms with E-state index >= 15 is 0 Å². The van der Waals surface area contributed by atoms with Gasteiger partial charge in [-0.25, -0.2) is 0 Å². The van der Waals surface area contributed by atoms with E-state index in [2.05, 4.69) is 15.9 Å². The Morgan fingerprint density at radius 3 is 2.36 bits per heavy atom. The van der Waals surface area contributed by atoms with Crippen molar-refractivity contribution in [1.82, 2.24) is 0 Å². The molecule has 0 spiro atoms. The van der Waals surface area contributed by atoms with Crippen LogP contribution in [0.25, 0.3) is 5.76 Å². The standard InChI is InChI=1S/C25H19BrClNO5/c1-13-11-15(5-9-18(13)26)23(30)21-22(14-3-7-17(29)8-4-14)28(25(32)24(21)31)16-6-10-20(33-2)19(27)12-16/h3-12,22,29-30H,1-2H3/b23-21+. The van der Waals surface area contributed by atoms with Gasteiger partial charge in [-0.05, 0) is 60.5 Å². The monoisotopic (exact) mass is 527 g/mol. The van der Waals surface area contributed by atoms with Crippen molar-refractivity contribution < 1.29 is 24.5 Å². The molecule has 1 aliphatic rings. The molecule has 168 valence electrons. The van der Waals surface area contributed by atoms with Crippen molar-refractivity contribution in [2.24, 2.45) is 0 Å². The van der Waals surface area contributed by atoms with Crippen molar-refractivity contribution in [1.29, 1.82) is 0 Å². The van der Waals surface area contributed by atoms with Gasteiger partial charge in [0, 0.05) is 15.7 Å². The second-order valence-electron chi connectivity index (χ2n) is 7.54. The summed E-state index contributed by atoms with van der Waals surface area (Å²) < 4.78 is 6.04. The number of carbonyl (C=O) groups excluding carboxylic acids is 2. The summed E-state index contributed by atoms with van der Waals surface area (Å²) in [6.45, 7) is 1.86.